The molecule has 0 aromatic carbocycles. The molecule has 0 unspecified atom stereocenters. The van der Waals surface area contributed by atoms with Crippen molar-refractivity contribution in [3.05, 3.63) is 52.2 Å². The number of ether oxygens (including phenoxy) is 1. The predicted molar refractivity (Wildman–Crippen MR) is 139 cm³/mol. The normalized spacial score (nSPS) is 17.0. The zero-order valence-corrected chi connectivity index (χ0v) is 22.2. The molecule has 2 rings (SSSR count). The Morgan fingerprint density at radius 1 is 1.20 bits per heavy atom. The van der Waals surface area contributed by atoms with Crippen LogP contribution in [0.3, 0.4) is 0 Å². The summed E-state index contributed by atoms with van der Waals surface area (Å²) in [6.07, 6.45) is 6.33. The summed E-state index contributed by atoms with van der Waals surface area (Å²) in [6.45, 7) is 13.2. The molecule has 3 amide bonds. The van der Waals surface area contributed by atoms with Crippen LogP contribution in [0.4, 0.5) is 16.3 Å². The quantitative estimate of drug-likeness (QED) is 0.371. The van der Waals surface area contributed by atoms with Crippen LogP contribution < -0.4 is 10.6 Å². The van der Waals surface area contributed by atoms with Gasteiger partial charge in [-0.1, -0.05) is 29.8 Å². The third kappa shape index (κ3) is 9.03. The van der Waals surface area contributed by atoms with Gasteiger partial charge in [-0.3, -0.25) is 14.9 Å². The number of allylic oxidation sites excluding steroid dienone is 3. The molecule has 2 N–H and O–H groups in total. The first-order valence-corrected chi connectivity index (χ1v) is 12.0. The number of rotatable bonds is 5. The van der Waals surface area contributed by atoms with Crippen LogP contribution in [0.2, 0.25) is 0 Å². The number of piperidine rings is 1. The first-order valence-electron chi connectivity index (χ1n) is 11.2. The fourth-order valence-electron chi connectivity index (χ4n) is 3.55. The lowest BCUT2D eigenvalue weighted by Gasteiger charge is -2.35. The van der Waals surface area contributed by atoms with Crippen molar-refractivity contribution in [2.24, 2.45) is 0 Å². The van der Waals surface area contributed by atoms with Crippen molar-refractivity contribution in [3.63, 3.8) is 0 Å². The van der Waals surface area contributed by atoms with Gasteiger partial charge in [0.1, 0.15) is 11.4 Å². The molecule has 1 fully saturated rings. The number of carbonyl (C=O) groups excluding carboxylic acids is 3. The Morgan fingerprint density at radius 2 is 1.89 bits per heavy atom. The van der Waals surface area contributed by atoms with E-state index in [4.69, 9.17) is 27.9 Å². The van der Waals surface area contributed by atoms with E-state index >= 15 is 0 Å². The molecule has 0 radical (unpaired) electrons. The molecule has 0 spiro atoms. The first kappa shape index (κ1) is 28.4. The van der Waals surface area contributed by atoms with Gasteiger partial charge in [-0.25, -0.2) is 9.78 Å². The molecule has 1 aliphatic rings. The van der Waals surface area contributed by atoms with Gasteiger partial charge in [0, 0.05) is 16.6 Å². The number of amides is 3. The van der Waals surface area contributed by atoms with Gasteiger partial charge in [-0.15, -0.1) is 0 Å². The maximum Gasteiger partial charge on any atom is 0.413 e. The average Bonchev–Trinajstić information content (AvgIpc) is 2.73. The molecule has 190 valence electrons. The average molecular weight is 523 g/mol. The van der Waals surface area contributed by atoms with Gasteiger partial charge in [0.25, 0.3) is 0 Å². The molecular formula is C25H32Cl2N4O4. The molecule has 1 saturated heterocycles. The van der Waals surface area contributed by atoms with Gasteiger partial charge < -0.3 is 15.0 Å². The Morgan fingerprint density at radius 3 is 2.49 bits per heavy atom. The SMILES string of the molecule is C=C(/C=C(Cl)\C=C(/C)Cl)[C@@H]1CCCCN1C(=O)C(=O)Nc1cnc(NC(=O)OC(C)(C)C)c(C)c1. The third-order valence-electron chi connectivity index (χ3n) is 5.00. The third-order valence-corrected chi connectivity index (χ3v) is 5.33. The maximum absolute atomic E-state index is 13.0. The molecule has 8 nitrogen and oxygen atoms in total. The smallest absolute Gasteiger partial charge is 0.413 e. The predicted octanol–water partition coefficient (Wildman–Crippen LogP) is 5.88. The zero-order valence-electron chi connectivity index (χ0n) is 20.7. The summed E-state index contributed by atoms with van der Waals surface area (Å²) in [7, 11) is 0. The first-order chi connectivity index (χ1) is 16.3. The number of anilines is 2. The van der Waals surface area contributed by atoms with E-state index in [9.17, 15) is 14.4 Å². The molecule has 1 aromatic rings. The molecule has 0 saturated carbocycles. The van der Waals surface area contributed by atoms with Crippen LogP contribution in [0.5, 0.6) is 0 Å². The van der Waals surface area contributed by atoms with E-state index in [1.807, 2.05) is 0 Å². The molecule has 1 aromatic heterocycles. The second kappa shape index (κ2) is 12.2. The fourth-order valence-corrected chi connectivity index (χ4v) is 4.03. The number of carbonyl (C=O) groups is 3. The topological polar surface area (TPSA) is 101 Å². The number of hydrogen-bond donors (Lipinski definition) is 2. The largest absolute Gasteiger partial charge is 0.444 e. The van der Waals surface area contributed by atoms with Crippen LogP contribution >= 0.6 is 23.2 Å². The van der Waals surface area contributed by atoms with Crippen molar-refractivity contribution in [1.29, 1.82) is 0 Å². The standard InChI is InChI=1S/C25H32Cl2N4O4/c1-15(11-18(27)13-17(3)26)20-9-7-8-10-31(20)23(33)22(32)29-19-12-16(2)21(28-14-19)30-24(34)35-25(4,5)6/h11-14,20H,1,7-10H2,2-6H3,(H,29,32)(H,28,30,34)/b17-13+,18-11+/t20-/m0/s1. The maximum atomic E-state index is 13.0. The summed E-state index contributed by atoms with van der Waals surface area (Å²) in [5.74, 6) is -1.16. The summed E-state index contributed by atoms with van der Waals surface area (Å²) in [6, 6.07) is 1.26. The van der Waals surface area contributed by atoms with Gasteiger partial charge in [0.05, 0.1) is 17.9 Å². The van der Waals surface area contributed by atoms with Crippen LogP contribution in [0, 0.1) is 6.92 Å². The molecule has 0 bridgehead atoms. The summed E-state index contributed by atoms with van der Waals surface area (Å²) in [5.41, 5.74) is 0.895. The van der Waals surface area contributed by atoms with Gasteiger partial charge >= 0.3 is 17.9 Å². The molecule has 2 heterocycles. The highest BCUT2D eigenvalue weighted by Gasteiger charge is 2.32. The van der Waals surface area contributed by atoms with Crippen LogP contribution in [-0.4, -0.2) is 46.0 Å². The number of likely N-dealkylation sites (tertiary alicyclic amines) is 1. The molecule has 35 heavy (non-hydrogen) atoms. The minimum atomic E-state index is -0.787. The van der Waals surface area contributed by atoms with Crippen LogP contribution in [0.1, 0.15) is 52.5 Å². The number of nitrogens with zero attached hydrogens (tertiary/aromatic N) is 2. The lowest BCUT2D eigenvalue weighted by atomic mass is 9.95. The van der Waals surface area contributed by atoms with Gasteiger partial charge in [0.15, 0.2) is 0 Å². The molecular weight excluding hydrogens is 491 g/mol. The second-order valence-corrected chi connectivity index (χ2v) is 10.3. The van der Waals surface area contributed by atoms with Crippen molar-refractivity contribution >= 4 is 52.6 Å². The molecule has 0 aliphatic carbocycles. The monoisotopic (exact) mass is 522 g/mol. The van der Waals surface area contributed by atoms with E-state index in [0.717, 1.165) is 12.8 Å². The summed E-state index contributed by atoms with van der Waals surface area (Å²) in [4.78, 5) is 43.4. The molecule has 10 heteroatoms. The lowest BCUT2D eigenvalue weighted by Crippen LogP contribution is -2.48. The van der Waals surface area contributed by atoms with E-state index in [2.05, 4.69) is 22.2 Å². The van der Waals surface area contributed by atoms with Crippen molar-refractivity contribution in [2.75, 3.05) is 17.2 Å². The number of nitrogens with one attached hydrogen (secondary N) is 2. The van der Waals surface area contributed by atoms with E-state index < -0.39 is 23.5 Å². The van der Waals surface area contributed by atoms with Crippen molar-refractivity contribution in [3.8, 4) is 0 Å². The summed E-state index contributed by atoms with van der Waals surface area (Å²) >= 11 is 12.1. The minimum Gasteiger partial charge on any atom is -0.444 e. The van der Waals surface area contributed by atoms with Crippen LogP contribution in [0.15, 0.2) is 46.6 Å². The van der Waals surface area contributed by atoms with Crippen molar-refractivity contribution < 1.29 is 19.1 Å². The van der Waals surface area contributed by atoms with E-state index in [0.29, 0.717) is 45.7 Å². The van der Waals surface area contributed by atoms with Crippen molar-refractivity contribution in [1.82, 2.24) is 9.88 Å². The Labute approximate surface area is 216 Å². The summed E-state index contributed by atoms with van der Waals surface area (Å²) < 4.78 is 5.22. The van der Waals surface area contributed by atoms with Gasteiger partial charge in [0.2, 0.25) is 0 Å². The Hall–Kier alpha value is -2.84. The van der Waals surface area contributed by atoms with Crippen LogP contribution in [0.25, 0.3) is 0 Å². The number of hydrogen-bond acceptors (Lipinski definition) is 5. The summed E-state index contributed by atoms with van der Waals surface area (Å²) in [5, 5.41) is 6.07. The highest BCUT2D eigenvalue weighted by molar-refractivity contribution is 6.39. The zero-order chi connectivity index (χ0) is 26.3. The molecule has 1 atom stereocenters. The van der Waals surface area contributed by atoms with Gasteiger partial charge in [-0.05, 0) is 83.2 Å². The highest BCUT2D eigenvalue weighted by atomic mass is 35.5. The number of aromatic nitrogens is 1. The van der Waals surface area contributed by atoms with E-state index in [1.54, 1.807) is 52.8 Å². The van der Waals surface area contributed by atoms with E-state index in [1.165, 1.54) is 11.1 Å². The minimum absolute atomic E-state index is 0.292. The fraction of sp³-hybridized carbons (Fsp3) is 0.440. The number of aryl methyl sites for hydroxylation is 1. The van der Waals surface area contributed by atoms with Crippen molar-refractivity contribution in [2.45, 2.75) is 65.5 Å². The second-order valence-electron chi connectivity index (χ2n) is 9.32. The number of pyridine rings is 1. The molecule has 1 aliphatic heterocycles. The lowest BCUT2D eigenvalue weighted by molar-refractivity contribution is -0.145. The highest BCUT2D eigenvalue weighted by Crippen LogP contribution is 2.26. The van der Waals surface area contributed by atoms with E-state index in [-0.39, 0.29) is 6.04 Å². The van der Waals surface area contributed by atoms with Gasteiger partial charge in [-0.2, -0.15) is 0 Å². The number of halogens is 2. The Bertz CT molecular complexity index is 1060. The Balaban J connectivity index is 2.09. The van der Waals surface area contributed by atoms with Crippen LogP contribution in [-0.2, 0) is 14.3 Å². The Kier molecular flexibility index (Phi) is 9.92.